The van der Waals surface area contributed by atoms with Crippen molar-refractivity contribution in [1.29, 1.82) is 0 Å². The second-order valence-corrected chi connectivity index (χ2v) is 12.1. The first-order chi connectivity index (χ1) is 21.4. The molecule has 6 rings (SSSR count). The minimum Gasteiger partial charge on any atom is -0.451 e. The molecule has 2 amide bonds. The zero-order chi connectivity index (χ0) is 30.6. The topological polar surface area (TPSA) is 78.0 Å². The van der Waals surface area contributed by atoms with E-state index in [2.05, 4.69) is 29.1 Å². The summed E-state index contributed by atoms with van der Waals surface area (Å²) in [6.07, 6.45) is 1.90. The Bertz CT molecular complexity index is 1600. The summed E-state index contributed by atoms with van der Waals surface area (Å²) in [7, 11) is 1.30. The second-order valence-electron chi connectivity index (χ2n) is 12.1. The van der Waals surface area contributed by atoms with E-state index in [1.54, 1.807) is 12.1 Å². The van der Waals surface area contributed by atoms with Crippen molar-refractivity contribution in [3.05, 3.63) is 96.1 Å². The van der Waals surface area contributed by atoms with Crippen LogP contribution in [0.2, 0.25) is 0 Å². The van der Waals surface area contributed by atoms with Gasteiger partial charge in [0.2, 0.25) is 0 Å². The third-order valence-electron chi connectivity index (χ3n) is 9.53. The highest BCUT2D eigenvalue weighted by atomic mass is 16.5. The first kappa shape index (κ1) is 29.8. The fraction of sp³-hybridized carbons (Fsp3) is 0.361. The Kier molecular flexibility index (Phi) is 8.91. The molecule has 228 valence electrons. The predicted molar refractivity (Wildman–Crippen MR) is 174 cm³/mol. The van der Waals surface area contributed by atoms with E-state index in [1.165, 1.54) is 20.0 Å². The van der Waals surface area contributed by atoms with Crippen molar-refractivity contribution in [2.24, 2.45) is 11.8 Å². The quantitative estimate of drug-likeness (QED) is 0.263. The fourth-order valence-electron chi connectivity index (χ4n) is 6.87. The zero-order valence-corrected chi connectivity index (χ0v) is 25.8. The number of methoxy groups -OCH3 is 1. The number of aromatic nitrogens is 1. The molecule has 44 heavy (non-hydrogen) atoms. The van der Waals surface area contributed by atoms with Gasteiger partial charge in [-0.05, 0) is 42.9 Å². The van der Waals surface area contributed by atoms with Crippen LogP contribution in [0.5, 0.6) is 0 Å². The van der Waals surface area contributed by atoms with Crippen LogP contribution in [0.3, 0.4) is 0 Å². The summed E-state index contributed by atoms with van der Waals surface area (Å²) < 4.78 is 5.05. The number of carbonyl (C=O) groups excluding carboxylic acids is 2. The van der Waals surface area contributed by atoms with Crippen LogP contribution in [-0.2, 0) is 11.3 Å². The number of amides is 2. The number of anilines is 1. The van der Waals surface area contributed by atoms with Crippen LogP contribution in [-0.4, -0.2) is 66.1 Å². The monoisotopic (exact) mass is 591 g/mol. The lowest BCUT2D eigenvalue weighted by molar-refractivity contribution is 0.0747. The second kappa shape index (κ2) is 13.2. The molecule has 2 heterocycles. The number of piperazine rings is 1. The number of nitrogens with one attached hydrogen (secondary N) is 1. The summed E-state index contributed by atoms with van der Waals surface area (Å²) in [5.41, 5.74) is 7.18. The molecule has 1 aliphatic heterocycles. The van der Waals surface area contributed by atoms with Crippen LogP contribution in [0.25, 0.3) is 22.2 Å². The number of hydrazine groups is 1. The van der Waals surface area contributed by atoms with E-state index in [0.29, 0.717) is 29.8 Å². The maximum absolute atomic E-state index is 14.4. The molecule has 3 unspecified atom stereocenters. The summed E-state index contributed by atoms with van der Waals surface area (Å²) >= 11 is 0. The van der Waals surface area contributed by atoms with Crippen molar-refractivity contribution in [3.8, 4) is 11.3 Å². The van der Waals surface area contributed by atoms with Crippen molar-refractivity contribution in [1.82, 2.24) is 20.2 Å². The maximum atomic E-state index is 14.4. The van der Waals surface area contributed by atoms with E-state index in [0.717, 1.165) is 64.8 Å². The molecular weight excluding hydrogens is 550 g/mol. The van der Waals surface area contributed by atoms with E-state index in [9.17, 15) is 9.59 Å². The number of benzene rings is 3. The Morgan fingerprint density at radius 1 is 0.886 bits per heavy atom. The van der Waals surface area contributed by atoms with E-state index in [1.807, 2.05) is 72.8 Å². The number of hydrogen-bond donors (Lipinski definition) is 1. The molecule has 0 bridgehead atoms. The predicted octanol–water partition coefficient (Wildman–Crippen LogP) is 6.37. The van der Waals surface area contributed by atoms with Gasteiger partial charge in [-0.2, -0.15) is 5.01 Å². The fourth-order valence-corrected chi connectivity index (χ4v) is 6.87. The summed E-state index contributed by atoms with van der Waals surface area (Å²) in [5, 5.41) is 1.90. The summed E-state index contributed by atoms with van der Waals surface area (Å²) in [5.74, 6) is 1.10. The van der Waals surface area contributed by atoms with Crippen molar-refractivity contribution in [2.75, 3.05) is 38.3 Å². The molecular formula is C36H41N5O3. The number of fused-ring (bicyclic) bond motifs is 1. The molecule has 1 aromatic heterocycles. The van der Waals surface area contributed by atoms with Gasteiger partial charge in [0.25, 0.3) is 5.91 Å². The molecule has 8 heteroatoms. The molecule has 1 saturated carbocycles. The highest BCUT2D eigenvalue weighted by Crippen LogP contribution is 2.36. The Balaban J connectivity index is 1.38. The number of para-hydroxylation sites is 2. The molecule has 0 radical (unpaired) electrons. The lowest BCUT2D eigenvalue weighted by Crippen LogP contribution is -2.51. The van der Waals surface area contributed by atoms with Gasteiger partial charge in [-0.3, -0.25) is 20.0 Å². The molecule has 3 atom stereocenters. The Morgan fingerprint density at radius 3 is 2.20 bits per heavy atom. The van der Waals surface area contributed by atoms with Crippen molar-refractivity contribution >= 4 is 28.6 Å². The number of nitrogens with zero attached hydrogens (tertiary/aromatic N) is 4. The average molecular weight is 592 g/mol. The van der Waals surface area contributed by atoms with Gasteiger partial charge in [0.15, 0.2) is 0 Å². The largest absolute Gasteiger partial charge is 0.451 e. The molecule has 1 aliphatic carbocycles. The van der Waals surface area contributed by atoms with Crippen molar-refractivity contribution in [3.63, 3.8) is 0 Å². The summed E-state index contributed by atoms with van der Waals surface area (Å²) in [6.45, 7) is 9.20. The van der Waals surface area contributed by atoms with Gasteiger partial charge >= 0.3 is 6.09 Å². The average Bonchev–Trinajstić information content (AvgIpc) is 3.41. The number of pyridine rings is 1. The van der Waals surface area contributed by atoms with Crippen molar-refractivity contribution < 1.29 is 14.3 Å². The van der Waals surface area contributed by atoms with Gasteiger partial charge in [0.1, 0.15) is 0 Å². The minimum atomic E-state index is -0.681. The normalized spacial score (nSPS) is 20.8. The van der Waals surface area contributed by atoms with E-state index >= 15 is 0 Å². The summed E-state index contributed by atoms with van der Waals surface area (Å²) in [4.78, 5) is 37.5. The molecule has 2 fully saturated rings. The van der Waals surface area contributed by atoms with Crippen molar-refractivity contribution in [2.45, 2.75) is 39.3 Å². The number of ether oxygens (including phenoxy) is 1. The molecule has 1 N–H and O–H groups in total. The molecule has 1 saturated heterocycles. The van der Waals surface area contributed by atoms with Gasteiger partial charge in [-0.15, -0.1) is 0 Å². The Morgan fingerprint density at radius 2 is 1.55 bits per heavy atom. The highest BCUT2D eigenvalue weighted by Gasteiger charge is 2.35. The van der Waals surface area contributed by atoms with Crippen LogP contribution < -0.4 is 10.4 Å². The number of carbonyl (C=O) groups is 2. The SMILES string of the molecule is COC(=O)N(NC(=O)c1c(CN2CCN(C3CCC(C)C3C)CC2)c(-c2ccccc2)nc2ccccc12)c1ccccc1. The highest BCUT2D eigenvalue weighted by molar-refractivity contribution is 6.10. The van der Waals surface area contributed by atoms with Crippen LogP contribution in [0.4, 0.5) is 10.5 Å². The summed E-state index contributed by atoms with van der Waals surface area (Å²) in [6, 6.07) is 27.4. The van der Waals surface area contributed by atoms with Gasteiger partial charge in [0.05, 0.1) is 29.6 Å². The van der Waals surface area contributed by atoms with Gasteiger partial charge < -0.3 is 4.74 Å². The Labute approximate surface area is 259 Å². The zero-order valence-electron chi connectivity index (χ0n) is 25.8. The lowest BCUT2D eigenvalue weighted by Gasteiger charge is -2.40. The van der Waals surface area contributed by atoms with E-state index in [4.69, 9.17) is 9.72 Å². The lowest BCUT2D eigenvalue weighted by atomic mass is 9.95. The van der Waals surface area contributed by atoms with Crippen LogP contribution in [0.15, 0.2) is 84.9 Å². The van der Waals surface area contributed by atoms with Crippen LogP contribution in [0.1, 0.15) is 42.6 Å². The first-order valence-corrected chi connectivity index (χ1v) is 15.6. The van der Waals surface area contributed by atoms with E-state index < -0.39 is 12.0 Å². The van der Waals surface area contributed by atoms with Crippen LogP contribution >= 0.6 is 0 Å². The molecule has 3 aromatic carbocycles. The number of hydrogen-bond acceptors (Lipinski definition) is 6. The van der Waals surface area contributed by atoms with Gasteiger partial charge in [-0.1, -0.05) is 80.6 Å². The first-order valence-electron chi connectivity index (χ1n) is 15.6. The molecule has 0 spiro atoms. The van der Waals surface area contributed by atoms with Gasteiger partial charge in [-0.25, -0.2) is 9.78 Å². The third kappa shape index (κ3) is 6.05. The Hall–Kier alpha value is -4.27. The van der Waals surface area contributed by atoms with Gasteiger partial charge in [0, 0.05) is 55.3 Å². The smallest absolute Gasteiger partial charge is 0.433 e. The maximum Gasteiger partial charge on any atom is 0.433 e. The minimum absolute atomic E-state index is 0.391. The molecule has 8 nitrogen and oxygen atoms in total. The van der Waals surface area contributed by atoms with Crippen LogP contribution in [0, 0.1) is 11.8 Å². The standard InChI is InChI=1S/C36H41N5O3/c1-25-18-19-32(26(25)2)40-22-20-39(21-23-40)24-30-33(35(42)38-41(36(43)44-3)28-14-8-5-9-15-28)29-16-10-11-17-31(29)37-34(30)27-12-6-4-7-13-27/h4-17,25-26,32H,18-24H2,1-3H3,(H,38,42). The van der Waals surface area contributed by atoms with E-state index in [-0.39, 0.29) is 0 Å². The molecule has 4 aromatic rings. The molecule has 2 aliphatic rings. The number of rotatable bonds is 6. The third-order valence-corrected chi connectivity index (χ3v) is 9.53.